The van der Waals surface area contributed by atoms with E-state index in [0.717, 1.165) is 5.82 Å². The van der Waals surface area contributed by atoms with Crippen LogP contribution in [0, 0.1) is 0 Å². The van der Waals surface area contributed by atoms with Gasteiger partial charge in [-0.15, -0.1) is 0 Å². The highest BCUT2D eigenvalue weighted by Gasteiger charge is 2.09. The fourth-order valence-electron chi connectivity index (χ4n) is 0.889. The first-order valence-corrected chi connectivity index (χ1v) is 4.08. The lowest BCUT2D eigenvalue weighted by molar-refractivity contribution is 0.630. The maximum absolute atomic E-state index is 5.21. The highest BCUT2D eigenvalue weighted by molar-refractivity contribution is 5.46. The molecule has 0 radical (unpaired) electrons. The van der Waals surface area contributed by atoms with Crippen molar-refractivity contribution in [2.24, 2.45) is 5.84 Å². The van der Waals surface area contributed by atoms with Crippen molar-refractivity contribution in [3.63, 3.8) is 0 Å². The van der Waals surface area contributed by atoms with Gasteiger partial charge in [-0.25, -0.2) is 15.8 Å². The second-order valence-corrected chi connectivity index (χ2v) is 3.81. The lowest BCUT2D eigenvalue weighted by atomic mass is 10.1. The summed E-state index contributed by atoms with van der Waals surface area (Å²) in [5.74, 6) is 6.57. The predicted octanol–water partition coefficient (Wildman–Crippen LogP) is 0.973. The largest absolute Gasteiger partial charge is 0.365 e. The number of hydrogen-bond acceptors (Lipinski definition) is 5. The Labute approximate surface area is 77.7 Å². The second-order valence-electron chi connectivity index (χ2n) is 3.81. The first-order chi connectivity index (χ1) is 6.01. The average molecular weight is 181 g/mol. The Hall–Kier alpha value is -1.36. The minimum Gasteiger partial charge on any atom is -0.365 e. The van der Waals surface area contributed by atoms with Gasteiger partial charge in [-0.3, -0.25) is 0 Å². The number of nitrogen functional groups attached to an aromatic ring is 1. The molecule has 1 rings (SSSR count). The zero-order valence-electron chi connectivity index (χ0n) is 8.13. The zero-order chi connectivity index (χ0) is 9.90. The summed E-state index contributed by atoms with van der Waals surface area (Å²) in [6.07, 6.45) is 1.46. The number of anilines is 2. The number of nitrogens with one attached hydrogen (secondary N) is 2. The van der Waals surface area contributed by atoms with Crippen molar-refractivity contribution in [1.29, 1.82) is 0 Å². The molecule has 0 spiro atoms. The summed E-state index contributed by atoms with van der Waals surface area (Å²) < 4.78 is 0. The summed E-state index contributed by atoms with van der Waals surface area (Å²) in [5.41, 5.74) is 2.45. The van der Waals surface area contributed by atoms with Gasteiger partial charge in [-0.2, -0.15) is 0 Å². The van der Waals surface area contributed by atoms with Crippen molar-refractivity contribution >= 4 is 11.6 Å². The van der Waals surface area contributed by atoms with Crippen molar-refractivity contribution in [2.45, 2.75) is 26.3 Å². The molecule has 0 bridgehead atoms. The minimum absolute atomic E-state index is 0.0137. The summed E-state index contributed by atoms with van der Waals surface area (Å²) in [5, 5.41) is 3.21. The Balaban J connectivity index is 2.78. The molecule has 0 atom stereocenters. The topological polar surface area (TPSA) is 75.9 Å². The van der Waals surface area contributed by atoms with Gasteiger partial charge < -0.3 is 10.7 Å². The summed E-state index contributed by atoms with van der Waals surface area (Å²) in [7, 11) is 0. The SMILES string of the molecule is CC(C)(C)Nc1cc(NN)ncn1. The van der Waals surface area contributed by atoms with Crippen LogP contribution >= 0.6 is 0 Å². The Morgan fingerprint density at radius 3 is 2.38 bits per heavy atom. The van der Waals surface area contributed by atoms with Gasteiger partial charge in [-0.05, 0) is 20.8 Å². The molecule has 0 aromatic carbocycles. The molecule has 1 aromatic rings. The van der Waals surface area contributed by atoms with Gasteiger partial charge in [0.05, 0.1) is 0 Å². The Morgan fingerprint density at radius 2 is 1.85 bits per heavy atom. The van der Waals surface area contributed by atoms with E-state index in [-0.39, 0.29) is 5.54 Å². The number of nitrogens with zero attached hydrogens (tertiary/aromatic N) is 2. The van der Waals surface area contributed by atoms with Crippen molar-refractivity contribution in [3.05, 3.63) is 12.4 Å². The molecule has 0 aliphatic carbocycles. The fraction of sp³-hybridized carbons (Fsp3) is 0.500. The first kappa shape index (κ1) is 9.73. The van der Waals surface area contributed by atoms with Crippen molar-refractivity contribution < 1.29 is 0 Å². The second kappa shape index (κ2) is 3.57. The van der Waals surface area contributed by atoms with E-state index >= 15 is 0 Å². The van der Waals surface area contributed by atoms with Crippen LogP contribution in [-0.4, -0.2) is 15.5 Å². The maximum Gasteiger partial charge on any atom is 0.145 e. The standard InChI is InChI=1S/C8H15N5/c1-8(2,3)12-6-4-7(13-9)11-5-10-6/h4-5H,9H2,1-3H3,(H2,10,11,12,13). The summed E-state index contributed by atoms with van der Waals surface area (Å²) in [6, 6.07) is 1.76. The molecule has 0 amide bonds. The summed E-state index contributed by atoms with van der Waals surface area (Å²) in [6.45, 7) is 6.18. The quantitative estimate of drug-likeness (QED) is 0.468. The molecule has 13 heavy (non-hydrogen) atoms. The normalized spacial score (nSPS) is 11.1. The number of rotatable bonds is 2. The fourth-order valence-corrected chi connectivity index (χ4v) is 0.889. The van der Waals surface area contributed by atoms with Gasteiger partial charge in [0.1, 0.15) is 18.0 Å². The van der Waals surface area contributed by atoms with E-state index in [4.69, 9.17) is 5.84 Å². The molecule has 0 unspecified atom stereocenters. The zero-order valence-corrected chi connectivity index (χ0v) is 8.13. The molecule has 5 nitrogen and oxygen atoms in total. The highest BCUT2D eigenvalue weighted by atomic mass is 15.3. The van der Waals surface area contributed by atoms with Gasteiger partial charge in [0.15, 0.2) is 0 Å². The molecule has 1 aromatic heterocycles. The van der Waals surface area contributed by atoms with E-state index in [2.05, 4.69) is 41.5 Å². The maximum atomic E-state index is 5.21. The molecule has 5 heteroatoms. The number of aromatic nitrogens is 2. The predicted molar refractivity (Wildman–Crippen MR) is 53.2 cm³/mol. The summed E-state index contributed by atoms with van der Waals surface area (Å²) >= 11 is 0. The van der Waals surface area contributed by atoms with Gasteiger partial charge >= 0.3 is 0 Å². The van der Waals surface area contributed by atoms with Crippen LogP contribution in [0.15, 0.2) is 12.4 Å². The van der Waals surface area contributed by atoms with Crippen LogP contribution in [0.3, 0.4) is 0 Å². The third kappa shape index (κ3) is 3.25. The number of hydrogen-bond donors (Lipinski definition) is 3. The van der Waals surface area contributed by atoms with Crippen molar-refractivity contribution in [1.82, 2.24) is 9.97 Å². The monoisotopic (exact) mass is 181 g/mol. The Kier molecular flexibility index (Phi) is 2.67. The van der Waals surface area contributed by atoms with E-state index in [9.17, 15) is 0 Å². The molecule has 0 aliphatic rings. The molecule has 1 heterocycles. The van der Waals surface area contributed by atoms with Crippen LogP contribution in [0.2, 0.25) is 0 Å². The van der Waals surface area contributed by atoms with Gasteiger partial charge in [-0.1, -0.05) is 0 Å². The molecular weight excluding hydrogens is 166 g/mol. The van der Waals surface area contributed by atoms with E-state index in [1.807, 2.05) is 0 Å². The lowest BCUT2D eigenvalue weighted by Gasteiger charge is -2.21. The molecule has 0 saturated carbocycles. The first-order valence-electron chi connectivity index (χ1n) is 4.08. The van der Waals surface area contributed by atoms with Gasteiger partial charge in [0.25, 0.3) is 0 Å². The van der Waals surface area contributed by atoms with E-state index in [1.165, 1.54) is 6.33 Å². The average Bonchev–Trinajstić information content (AvgIpc) is 2.01. The van der Waals surface area contributed by atoms with E-state index in [0.29, 0.717) is 5.82 Å². The van der Waals surface area contributed by atoms with Crippen LogP contribution in [0.1, 0.15) is 20.8 Å². The number of hydrazine groups is 1. The molecule has 0 saturated heterocycles. The van der Waals surface area contributed by atoms with Gasteiger partial charge in [0, 0.05) is 11.6 Å². The minimum atomic E-state index is -0.0137. The Morgan fingerprint density at radius 1 is 1.23 bits per heavy atom. The van der Waals surface area contributed by atoms with Gasteiger partial charge in [0.2, 0.25) is 0 Å². The van der Waals surface area contributed by atoms with Crippen LogP contribution < -0.4 is 16.6 Å². The van der Waals surface area contributed by atoms with Crippen LogP contribution in [0.25, 0.3) is 0 Å². The molecular formula is C8H15N5. The van der Waals surface area contributed by atoms with Crippen LogP contribution in [0.5, 0.6) is 0 Å². The lowest BCUT2D eigenvalue weighted by Crippen LogP contribution is -2.26. The van der Waals surface area contributed by atoms with Crippen LogP contribution in [0.4, 0.5) is 11.6 Å². The Bertz CT molecular complexity index is 278. The van der Waals surface area contributed by atoms with Crippen LogP contribution in [-0.2, 0) is 0 Å². The molecule has 4 N–H and O–H groups in total. The number of nitrogens with two attached hydrogens (primary N) is 1. The third-order valence-corrected chi connectivity index (χ3v) is 1.32. The third-order valence-electron chi connectivity index (χ3n) is 1.32. The van der Waals surface area contributed by atoms with E-state index in [1.54, 1.807) is 6.07 Å². The van der Waals surface area contributed by atoms with Crippen molar-refractivity contribution in [3.8, 4) is 0 Å². The summed E-state index contributed by atoms with van der Waals surface area (Å²) in [4.78, 5) is 7.96. The molecule has 0 fully saturated rings. The van der Waals surface area contributed by atoms with Crippen molar-refractivity contribution in [2.75, 3.05) is 10.7 Å². The smallest absolute Gasteiger partial charge is 0.145 e. The molecule has 72 valence electrons. The highest BCUT2D eigenvalue weighted by Crippen LogP contribution is 2.13. The van der Waals surface area contributed by atoms with E-state index < -0.39 is 0 Å². The molecule has 0 aliphatic heterocycles.